The molecule has 3 heterocycles. The van der Waals surface area contributed by atoms with Crippen molar-refractivity contribution in [3.8, 4) is 0 Å². The minimum atomic E-state index is -3.80. The third kappa shape index (κ3) is 4.39. The Bertz CT molecular complexity index is 1380. The molecular formula is C25H23IN4O3S. The number of amidine groups is 2. The van der Waals surface area contributed by atoms with Crippen molar-refractivity contribution < 1.29 is 13.2 Å². The Morgan fingerprint density at radius 3 is 2.68 bits per heavy atom. The first-order valence-electron chi connectivity index (χ1n) is 11.0. The number of carbonyl (C=O) groups excluding carboxylic acids is 1. The lowest BCUT2D eigenvalue weighted by Crippen LogP contribution is -2.40. The number of nitrogens with zero attached hydrogens (tertiary/aromatic N) is 4. The van der Waals surface area contributed by atoms with Crippen LogP contribution in [0.5, 0.6) is 0 Å². The molecule has 9 heteroatoms. The molecule has 1 atom stereocenters. The number of carbonyl (C=O) groups is 1. The number of benzene rings is 2. The molecule has 2 aromatic rings. The smallest absolute Gasteiger partial charge is 0.266 e. The van der Waals surface area contributed by atoms with Crippen LogP contribution in [-0.2, 0) is 21.4 Å². The average Bonchev–Trinajstić information content (AvgIpc) is 3.27. The maximum absolute atomic E-state index is 13.4. The Labute approximate surface area is 212 Å². The molecule has 2 aromatic carbocycles. The van der Waals surface area contributed by atoms with Gasteiger partial charge in [-0.05, 0) is 72.2 Å². The first-order valence-corrected chi connectivity index (χ1v) is 13.5. The molecule has 0 radical (unpaired) electrons. The molecule has 0 aromatic heterocycles. The average molecular weight is 586 g/mol. The minimum Gasteiger partial charge on any atom is -0.327 e. The number of halogens is 1. The fourth-order valence-corrected chi connectivity index (χ4v) is 6.52. The molecule has 3 aliphatic rings. The second kappa shape index (κ2) is 9.20. The first-order chi connectivity index (χ1) is 16.3. The van der Waals surface area contributed by atoms with Crippen LogP contribution in [0.25, 0.3) is 0 Å². The van der Waals surface area contributed by atoms with E-state index in [-0.39, 0.29) is 4.90 Å². The third-order valence-electron chi connectivity index (χ3n) is 6.12. The van der Waals surface area contributed by atoms with Crippen LogP contribution in [0.1, 0.15) is 29.5 Å². The zero-order valence-electron chi connectivity index (χ0n) is 18.6. The highest BCUT2D eigenvalue weighted by Crippen LogP contribution is 2.28. The van der Waals surface area contributed by atoms with Crippen LogP contribution in [0, 0.1) is 6.92 Å². The van der Waals surface area contributed by atoms with Gasteiger partial charge in [-0.15, -0.1) is 0 Å². The van der Waals surface area contributed by atoms with E-state index in [4.69, 9.17) is 4.99 Å². The number of allylic oxidation sites excluding steroid dienone is 2. The van der Waals surface area contributed by atoms with Gasteiger partial charge in [-0.3, -0.25) is 4.79 Å². The lowest BCUT2D eigenvalue weighted by Gasteiger charge is -2.22. The maximum atomic E-state index is 13.4. The van der Waals surface area contributed by atoms with Gasteiger partial charge in [-0.1, -0.05) is 42.0 Å². The Morgan fingerprint density at radius 1 is 1.12 bits per heavy atom. The van der Waals surface area contributed by atoms with E-state index in [0.29, 0.717) is 37.6 Å². The zero-order valence-corrected chi connectivity index (χ0v) is 21.5. The van der Waals surface area contributed by atoms with Gasteiger partial charge >= 0.3 is 0 Å². The molecule has 3 aliphatic heterocycles. The van der Waals surface area contributed by atoms with Crippen molar-refractivity contribution in [3.05, 3.63) is 87.2 Å². The number of fused-ring (bicyclic) bond motifs is 2. The summed E-state index contributed by atoms with van der Waals surface area (Å²) in [6.07, 6.45) is 6.91. The molecule has 1 amide bonds. The van der Waals surface area contributed by atoms with Crippen molar-refractivity contribution in [1.82, 2.24) is 9.21 Å². The van der Waals surface area contributed by atoms with Gasteiger partial charge in [-0.25, -0.2) is 13.4 Å². The number of aliphatic imine (C=N–C) groups is 2. The van der Waals surface area contributed by atoms with E-state index in [2.05, 4.69) is 27.6 Å². The number of sulfonamides is 1. The standard InChI is InChI=1S/C25H23IN4O3S/c1-17-8-11-20(12-9-17)34(32,33)30-14-4-7-22(30)25(31)28-24-21-6-3-2-5-18(21)15-29-16-19(26)10-13-23(29)27-24/h2-3,5-6,8-13,16,22H,4,7,14-15H2,1H3. The number of aryl methyl sites for hydroxylation is 1. The largest absolute Gasteiger partial charge is 0.327 e. The van der Waals surface area contributed by atoms with E-state index in [1.165, 1.54) is 4.31 Å². The summed E-state index contributed by atoms with van der Waals surface area (Å²) in [5, 5.41) is 0. The predicted molar refractivity (Wildman–Crippen MR) is 140 cm³/mol. The predicted octanol–water partition coefficient (Wildman–Crippen LogP) is 4.18. The Kier molecular flexibility index (Phi) is 6.26. The van der Waals surface area contributed by atoms with Crippen molar-refractivity contribution in [2.45, 2.75) is 37.2 Å². The summed E-state index contributed by atoms with van der Waals surface area (Å²) in [5.41, 5.74) is 2.75. The van der Waals surface area contributed by atoms with E-state index in [9.17, 15) is 13.2 Å². The van der Waals surface area contributed by atoms with Crippen LogP contribution in [-0.4, -0.2) is 47.8 Å². The quantitative estimate of drug-likeness (QED) is 0.506. The normalized spacial score (nSPS) is 21.5. The highest BCUT2D eigenvalue weighted by molar-refractivity contribution is 14.1. The van der Waals surface area contributed by atoms with Gasteiger partial charge in [0.2, 0.25) is 10.0 Å². The topological polar surface area (TPSA) is 82.4 Å². The van der Waals surface area contributed by atoms with Crippen molar-refractivity contribution in [1.29, 1.82) is 0 Å². The molecule has 1 saturated heterocycles. The third-order valence-corrected chi connectivity index (χ3v) is 8.68. The highest BCUT2D eigenvalue weighted by atomic mass is 127. The van der Waals surface area contributed by atoms with Gasteiger partial charge < -0.3 is 4.90 Å². The van der Waals surface area contributed by atoms with Crippen LogP contribution in [0.2, 0.25) is 0 Å². The molecule has 0 spiro atoms. The van der Waals surface area contributed by atoms with E-state index in [1.807, 2.05) is 54.4 Å². The first kappa shape index (κ1) is 23.1. The van der Waals surface area contributed by atoms with Crippen LogP contribution in [0.3, 0.4) is 0 Å². The highest BCUT2D eigenvalue weighted by Gasteiger charge is 2.39. The van der Waals surface area contributed by atoms with E-state index in [1.54, 1.807) is 24.3 Å². The monoisotopic (exact) mass is 586 g/mol. The summed E-state index contributed by atoms with van der Waals surface area (Å²) in [5.74, 6) is 0.520. The van der Waals surface area contributed by atoms with Crippen molar-refractivity contribution in [3.63, 3.8) is 0 Å². The van der Waals surface area contributed by atoms with Gasteiger partial charge in [0.1, 0.15) is 11.9 Å². The lowest BCUT2D eigenvalue weighted by molar-refractivity contribution is -0.120. The molecule has 5 rings (SSSR count). The van der Waals surface area contributed by atoms with Crippen LogP contribution in [0.4, 0.5) is 0 Å². The Hall–Kier alpha value is -2.63. The van der Waals surface area contributed by atoms with E-state index < -0.39 is 22.0 Å². The summed E-state index contributed by atoms with van der Waals surface area (Å²) >= 11 is 2.26. The fourth-order valence-electron chi connectivity index (χ4n) is 4.35. The number of hydrogen-bond donors (Lipinski definition) is 0. The second-order valence-corrected chi connectivity index (χ2v) is 11.6. The lowest BCUT2D eigenvalue weighted by atomic mass is 10.1. The molecule has 0 bridgehead atoms. The van der Waals surface area contributed by atoms with E-state index in [0.717, 1.165) is 20.3 Å². The van der Waals surface area contributed by atoms with Crippen LogP contribution >= 0.6 is 22.6 Å². The SMILES string of the molecule is Cc1ccc(S(=O)(=O)N2CCCC2C(=O)N=C2N=C3C=CC(I)=CN3Cc3ccccc32)cc1. The zero-order chi connectivity index (χ0) is 23.9. The molecular weight excluding hydrogens is 563 g/mol. The summed E-state index contributed by atoms with van der Waals surface area (Å²) in [4.78, 5) is 24.7. The van der Waals surface area contributed by atoms with Crippen LogP contribution < -0.4 is 0 Å². The van der Waals surface area contributed by atoms with Gasteiger partial charge in [0.25, 0.3) is 5.91 Å². The second-order valence-electron chi connectivity index (χ2n) is 8.46. The number of amides is 1. The molecule has 7 nitrogen and oxygen atoms in total. The molecule has 1 fully saturated rings. The van der Waals surface area contributed by atoms with Crippen molar-refractivity contribution >= 4 is 50.2 Å². The summed E-state index contributed by atoms with van der Waals surface area (Å²) in [6.45, 7) is 2.80. The molecule has 1 unspecified atom stereocenters. The molecule has 0 N–H and O–H groups in total. The van der Waals surface area contributed by atoms with Crippen molar-refractivity contribution in [2.75, 3.05) is 6.54 Å². The van der Waals surface area contributed by atoms with Crippen molar-refractivity contribution in [2.24, 2.45) is 9.98 Å². The molecule has 34 heavy (non-hydrogen) atoms. The summed E-state index contributed by atoms with van der Waals surface area (Å²) < 4.78 is 29.0. The minimum absolute atomic E-state index is 0.190. The Balaban J connectivity index is 1.51. The molecule has 0 aliphatic carbocycles. The summed E-state index contributed by atoms with van der Waals surface area (Å²) in [6, 6.07) is 13.6. The van der Waals surface area contributed by atoms with E-state index >= 15 is 0 Å². The maximum Gasteiger partial charge on any atom is 0.266 e. The summed E-state index contributed by atoms with van der Waals surface area (Å²) in [7, 11) is -3.80. The molecule has 0 saturated carbocycles. The fraction of sp³-hybridized carbons (Fsp3) is 0.240. The van der Waals surface area contributed by atoms with Crippen LogP contribution in [0.15, 0.2) is 85.3 Å². The number of rotatable bonds is 3. The Morgan fingerprint density at radius 2 is 1.88 bits per heavy atom. The van der Waals surface area contributed by atoms with Gasteiger partial charge in [0, 0.05) is 28.4 Å². The van der Waals surface area contributed by atoms with Gasteiger partial charge in [0.15, 0.2) is 5.84 Å². The number of hydrogen-bond acceptors (Lipinski definition) is 4. The molecule has 174 valence electrons. The van der Waals surface area contributed by atoms with Gasteiger partial charge in [0.05, 0.1) is 4.90 Å². The van der Waals surface area contributed by atoms with Gasteiger partial charge in [-0.2, -0.15) is 9.30 Å².